The molecule has 2 unspecified atom stereocenters. The predicted molar refractivity (Wildman–Crippen MR) is 129 cm³/mol. The summed E-state index contributed by atoms with van der Waals surface area (Å²) >= 11 is 0. The van der Waals surface area contributed by atoms with Gasteiger partial charge in [-0.3, -0.25) is 9.09 Å². The van der Waals surface area contributed by atoms with Crippen LogP contribution in [0.4, 0.5) is 11.8 Å². The number of H-pyrrole nitrogens is 1. The van der Waals surface area contributed by atoms with E-state index in [9.17, 15) is 28.6 Å². The lowest BCUT2D eigenvalue weighted by Crippen LogP contribution is -2.26. The van der Waals surface area contributed by atoms with Crippen molar-refractivity contribution in [3.63, 3.8) is 0 Å². The molecular weight excluding hydrogens is 589 g/mol. The highest BCUT2D eigenvalue weighted by Gasteiger charge is 2.43. The molecule has 0 bridgehead atoms. The van der Waals surface area contributed by atoms with Gasteiger partial charge in [-0.15, -0.1) is 0 Å². The van der Waals surface area contributed by atoms with Crippen molar-refractivity contribution in [3.05, 3.63) is 24.5 Å². The van der Waals surface area contributed by atoms with Gasteiger partial charge in [0.25, 0.3) is 0 Å². The minimum absolute atomic E-state index is 0.0530. The van der Waals surface area contributed by atoms with Gasteiger partial charge in [0.1, 0.15) is 18.7 Å². The van der Waals surface area contributed by atoms with Crippen molar-refractivity contribution in [2.45, 2.75) is 37.7 Å². The third-order valence-electron chi connectivity index (χ3n) is 5.28. The summed E-state index contributed by atoms with van der Waals surface area (Å²) in [5, 5.41) is 13.7. The Morgan fingerprint density at radius 1 is 1.18 bits per heavy atom. The second-order valence-corrected chi connectivity index (χ2v) is 12.6. The molecule has 3 aromatic heterocycles. The maximum Gasteiger partial charge on any atom is 0.490 e. The molecule has 1 aliphatic rings. The Hall–Kier alpha value is -2.31. The quantitative estimate of drug-likeness (QED) is 0.0939. The number of rotatable bonds is 13. The smallest absolute Gasteiger partial charge is 0.390 e. The number of aliphatic hydroxyl groups is 1. The first-order chi connectivity index (χ1) is 18.2. The summed E-state index contributed by atoms with van der Waals surface area (Å²) in [6.07, 6.45) is 2.44. The van der Waals surface area contributed by atoms with E-state index < -0.39 is 48.5 Å². The van der Waals surface area contributed by atoms with E-state index in [1.54, 1.807) is 12.5 Å². The monoisotopic (exact) mass is 614 g/mol. The molecule has 3 aromatic rings. The molecule has 216 valence electrons. The lowest BCUT2D eigenvalue weighted by molar-refractivity contribution is -0.0417. The van der Waals surface area contributed by atoms with E-state index in [0.29, 0.717) is 25.3 Å². The van der Waals surface area contributed by atoms with Gasteiger partial charge in [0.15, 0.2) is 17.0 Å². The summed E-state index contributed by atoms with van der Waals surface area (Å²) in [6, 6.07) is 0. The first-order valence-corrected chi connectivity index (χ1v) is 15.6. The van der Waals surface area contributed by atoms with Gasteiger partial charge in [0, 0.05) is 24.9 Å². The van der Waals surface area contributed by atoms with Crippen LogP contribution in [0.3, 0.4) is 0 Å². The van der Waals surface area contributed by atoms with Crippen LogP contribution in [0.2, 0.25) is 0 Å². The number of aromatic amines is 1. The topological polar surface area (TPSA) is 300 Å². The summed E-state index contributed by atoms with van der Waals surface area (Å²) in [5.41, 5.74) is 7.44. The molecule has 0 aromatic carbocycles. The Kier molecular flexibility index (Phi) is 8.87. The van der Waals surface area contributed by atoms with Gasteiger partial charge < -0.3 is 45.5 Å². The fourth-order valence-corrected chi connectivity index (χ4v) is 6.75. The lowest BCUT2D eigenvalue weighted by atomic mass is 10.2. The van der Waals surface area contributed by atoms with E-state index in [4.69, 9.17) is 20.3 Å². The van der Waals surface area contributed by atoms with Crippen molar-refractivity contribution in [1.82, 2.24) is 29.5 Å². The molecule has 0 saturated carbocycles. The predicted octanol–water partition coefficient (Wildman–Crippen LogP) is 0.168. The molecule has 1 saturated heterocycles. The third-order valence-corrected chi connectivity index (χ3v) is 9.08. The molecule has 0 spiro atoms. The number of nitrogen functional groups attached to an aromatic ring is 1. The summed E-state index contributed by atoms with van der Waals surface area (Å²) in [5.74, 6) is 0.398. The Balaban J connectivity index is 1.44. The van der Waals surface area contributed by atoms with Crippen LogP contribution in [0.1, 0.15) is 24.8 Å². The molecular formula is C16H25N8O12P3. The average molecular weight is 614 g/mol. The molecule has 4 heterocycles. The standard InChI is InChI=1S/C16H25N8O12P3/c17-14-13-15(22-8-21-14)24(16(23-13)19-3-1-2-9-5-18-7-20-9)12-4-10(25)11(34-12)6-33-38(29,30)36-39(31,32)35-37(26,27)28/h5,7-8,10-12,25H,1-4,6H2,(H,18,20)(H,19,23)(H,29,30)(H,31,32)(H2,17,21,22)(H2,26,27,28)/t10-,11+,12+/m0/s1. The SMILES string of the molecule is Nc1ncnc2c1nc(NCCCc1cnc[nH]1)n2[C@H]1C[C@H](O)[C@@H](COP(=O)(O)OP(=O)(O)OP(=O)(O)O)O1. The molecule has 20 nitrogen and oxygen atoms in total. The number of phosphoric ester groups is 1. The second-order valence-electron chi connectivity index (χ2n) is 8.16. The van der Waals surface area contributed by atoms with Gasteiger partial charge in [-0.25, -0.2) is 33.6 Å². The third kappa shape index (κ3) is 7.88. The number of aliphatic hydroxyl groups excluding tert-OH is 1. The number of aromatic nitrogens is 6. The minimum Gasteiger partial charge on any atom is -0.390 e. The number of nitrogens with zero attached hydrogens (tertiary/aromatic N) is 5. The maximum absolute atomic E-state index is 12.0. The molecule has 9 N–H and O–H groups in total. The Labute approximate surface area is 219 Å². The Bertz CT molecular complexity index is 1430. The normalized spacial score (nSPS) is 23.1. The van der Waals surface area contributed by atoms with Crippen LogP contribution in [0, 0.1) is 0 Å². The van der Waals surface area contributed by atoms with Crippen molar-refractivity contribution >= 4 is 46.4 Å². The molecule has 5 atom stereocenters. The number of nitrogens with one attached hydrogen (secondary N) is 2. The van der Waals surface area contributed by atoms with Gasteiger partial charge in [-0.05, 0) is 12.8 Å². The second kappa shape index (κ2) is 11.7. The summed E-state index contributed by atoms with van der Waals surface area (Å²) in [4.78, 5) is 55.7. The fraction of sp³-hybridized carbons (Fsp3) is 0.500. The molecule has 1 aliphatic heterocycles. The van der Waals surface area contributed by atoms with Crippen molar-refractivity contribution in [1.29, 1.82) is 0 Å². The lowest BCUT2D eigenvalue weighted by Gasteiger charge is -2.20. The molecule has 39 heavy (non-hydrogen) atoms. The maximum atomic E-state index is 12.0. The number of hydrogen-bond acceptors (Lipinski definition) is 14. The summed E-state index contributed by atoms with van der Waals surface area (Å²) < 4.78 is 53.6. The number of hydrogen-bond donors (Lipinski definition) is 8. The van der Waals surface area contributed by atoms with Crippen LogP contribution in [-0.4, -0.2) is 79.5 Å². The van der Waals surface area contributed by atoms with Crippen LogP contribution in [0.15, 0.2) is 18.9 Å². The highest BCUT2D eigenvalue weighted by molar-refractivity contribution is 7.66. The number of phosphoric acid groups is 3. The molecule has 4 rings (SSSR count). The first-order valence-electron chi connectivity index (χ1n) is 11.0. The summed E-state index contributed by atoms with van der Waals surface area (Å²) in [7, 11) is -16.6. The van der Waals surface area contributed by atoms with Crippen molar-refractivity contribution in [2.75, 3.05) is 24.2 Å². The van der Waals surface area contributed by atoms with E-state index in [0.717, 1.165) is 5.69 Å². The van der Waals surface area contributed by atoms with E-state index in [1.165, 1.54) is 10.9 Å². The van der Waals surface area contributed by atoms with Gasteiger partial charge in [-0.2, -0.15) is 8.62 Å². The van der Waals surface area contributed by atoms with E-state index in [1.807, 2.05) is 0 Å². The van der Waals surface area contributed by atoms with Crippen molar-refractivity contribution < 1.29 is 56.3 Å². The first kappa shape index (κ1) is 29.7. The Morgan fingerprint density at radius 2 is 1.95 bits per heavy atom. The largest absolute Gasteiger partial charge is 0.490 e. The number of nitrogens with two attached hydrogens (primary N) is 1. The van der Waals surface area contributed by atoms with Gasteiger partial charge in [0.2, 0.25) is 5.95 Å². The fourth-order valence-electron chi connectivity index (χ4n) is 3.72. The van der Waals surface area contributed by atoms with Gasteiger partial charge in [0.05, 0.1) is 19.0 Å². The number of imidazole rings is 2. The summed E-state index contributed by atoms with van der Waals surface area (Å²) in [6.45, 7) is -0.349. The Morgan fingerprint density at radius 3 is 2.64 bits per heavy atom. The molecule has 0 amide bonds. The van der Waals surface area contributed by atoms with Crippen molar-refractivity contribution in [2.24, 2.45) is 0 Å². The number of aryl methyl sites for hydroxylation is 1. The van der Waals surface area contributed by atoms with Crippen molar-refractivity contribution in [3.8, 4) is 0 Å². The number of anilines is 2. The van der Waals surface area contributed by atoms with Crippen LogP contribution < -0.4 is 11.1 Å². The average Bonchev–Trinajstić information content (AvgIpc) is 3.52. The zero-order valence-electron chi connectivity index (χ0n) is 19.7. The molecule has 23 heteroatoms. The number of fused-ring (bicyclic) bond motifs is 1. The van der Waals surface area contributed by atoms with Gasteiger partial charge in [-0.1, -0.05) is 0 Å². The van der Waals surface area contributed by atoms with Crippen LogP contribution in [-0.2, 0) is 38.0 Å². The minimum atomic E-state index is -5.69. The molecule has 0 aliphatic carbocycles. The highest BCUT2D eigenvalue weighted by atomic mass is 31.3. The van der Waals surface area contributed by atoms with Crippen LogP contribution >= 0.6 is 23.5 Å². The van der Waals surface area contributed by atoms with Crippen LogP contribution in [0.25, 0.3) is 11.2 Å². The zero-order valence-corrected chi connectivity index (χ0v) is 22.4. The van der Waals surface area contributed by atoms with E-state index in [-0.39, 0.29) is 23.4 Å². The van der Waals surface area contributed by atoms with Crippen LogP contribution in [0.5, 0.6) is 0 Å². The molecule has 0 radical (unpaired) electrons. The molecule has 1 fully saturated rings. The van der Waals surface area contributed by atoms with E-state index >= 15 is 0 Å². The van der Waals surface area contributed by atoms with E-state index in [2.05, 4.69) is 43.4 Å². The van der Waals surface area contributed by atoms with Gasteiger partial charge >= 0.3 is 23.5 Å². The highest BCUT2D eigenvalue weighted by Crippen LogP contribution is 2.66. The zero-order chi connectivity index (χ0) is 28.4. The number of ether oxygens (including phenoxy) is 1.